The molecule has 0 aliphatic carbocycles. The van der Waals surface area contributed by atoms with Crippen molar-refractivity contribution in [1.29, 1.82) is 5.26 Å². The zero-order valence-electron chi connectivity index (χ0n) is 15.6. The number of nitrogens with zero attached hydrogens (tertiary/aromatic N) is 2. The molecule has 0 fully saturated rings. The van der Waals surface area contributed by atoms with E-state index in [1.165, 1.54) is 12.1 Å². The Morgan fingerprint density at radius 2 is 1.71 bits per heavy atom. The van der Waals surface area contributed by atoms with Gasteiger partial charge in [0.15, 0.2) is 0 Å². The molecule has 0 saturated carbocycles. The van der Waals surface area contributed by atoms with Gasteiger partial charge in [-0.05, 0) is 104 Å². The van der Waals surface area contributed by atoms with Crippen LogP contribution in [-0.4, -0.2) is 4.92 Å². The number of benzene rings is 3. The summed E-state index contributed by atoms with van der Waals surface area (Å²) in [7, 11) is 0. The van der Waals surface area contributed by atoms with E-state index < -0.39 is 4.92 Å². The predicted molar refractivity (Wildman–Crippen MR) is 139 cm³/mol. The van der Waals surface area contributed by atoms with Gasteiger partial charge in [0.25, 0.3) is 5.69 Å². The van der Waals surface area contributed by atoms with Crippen LogP contribution in [0.5, 0.6) is 5.75 Å². The molecule has 0 unspecified atom stereocenters. The fourth-order valence-electron chi connectivity index (χ4n) is 2.68. The molecule has 0 amide bonds. The molecule has 3 aromatic carbocycles. The first-order valence-corrected chi connectivity index (χ1v) is 11.6. The largest absolute Gasteiger partial charge is 0.487 e. The highest BCUT2D eigenvalue weighted by molar-refractivity contribution is 14.1. The Balaban J connectivity index is 1.82. The molecule has 0 spiro atoms. The van der Waals surface area contributed by atoms with Gasteiger partial charge in [0, 0.05) is 12.1 Å². The summed E-state index contributed by atoms with van der Waals surface area (Å²) in [5, 5.41) is 21.2. The average Bonchev–Trinajstić information content (AvgIpc) is 2.73. The van der Waals surface area contributed by atoms with E-state index in [2.05, 4.69) is 51.3 Å². The van der Waals surface area contributed by atoms with Crippen molar-refractivity contribution in [2.45, 2.75) is 6.61 Å². The molecule has 3 aromatic rings. The summed E-state index contributed by atoms with van der Waals surface area (Å²) in [6, 6.07) is 17.4. The van der Waals surface area contributed by atoms with Gasteiger partial charge >= 0.3 is 0 Å². The Bertz CT molecular complexity index is 1200. The van der Waals surface area contributed by atoms with Crippen LogP contribution < -0.4 is 4.74 Å². The van der Waals surface area contributed by atoms with Crippen molar-refractivity contribution in [3.05, 3.63) is 98.6 Å². The number of hydrogen-bond donors (Lipinski definition) is 0. The highest BCUT2D eigenvalue weighted by Gasteiger charge is 2.11. The van der Waals surface area contributed by atoms with E-state index in [9.17, 15) is 15.4 Å². The highest BCUT2D eigenvalue weighted by atomic mass is 127. The minimum absolute atomic E-state index is 0.0410. The number of nitriles is 1. The Morgan fingerprint density at radius 3 is 2.26 bits per heavy atom. The Labute approximate surface area is 216 Å². The summed E-state index contributed by atoms with van der Waals surface area (Å²) in [6.45, 7) is 0.284. The third-order valence-corrected chi connectivity index (χ3v) is 6.55. The van der Waals surface area contributed by atoms with Gasteiger partial charge in [-0.1, -0.05) is 29.3 Å². The first-order valence-electron chi connectivity index (χ1n) is 8.71. The molecule has 0 radical (unpaired) electrons. The smallest absolute Gasteiger partial charge is 0.269 e. The fraction of sp³-hybridized carbons (Fsp3) is 0.0455. The number of nitro groups is 1. The predicted octanol–water partition coefficient (Wildman–Crippen LogP) is 7.75. The number of halogens is 4. The van der Waals surface area contributed by atoms with Crippen LogP contribution in [0.2, 0.25) is 10.0 Å². The van der Waals surface area contributed by atoms with Crippen molar-refractivity contribution < 1.29 is 9.66 Å². The maximum absolute atomic E-state index is 10.8. The molecule has 9 heteroatoms. The van der Waals surface area contributed by atoms with Gasteiger partial charge in [0.2, 0.25) is 0 Å². The van der Waals surface area contributed by atoms with Crippen molar-refractivity contribution >= 4 is 85.7 Å². The monoisotopic (exact) mass is 676 g/mol. The van der Waals surface area contributed by atoms with Crippen LogP contribution in [0, 0.1) is 28.6 Å². The van der Waals surface area contributed by atoms with Gasteiger partial charge in [-0.3, -0.25) is 10.1 Å². The molecular weight excluding hydrogens is 665 g/mol. The zero-order chi connectivity index (χ0) is 22.5. The van der Waals surface area contributed by atoms with Crippen LogP contribution in [0.4, 0.5) is 5.69 Å². The molecule has 0 bridgehead atoms. The summed E-state index contributed by atoms with van der Waals surface area (Å²) in [4.78, 5) is 10.3. The zero-order valence-corrected chi connectivity index (χ0v) is 21.4. The molecule has 0 aliphatic heterocycles. The molecule has 156 valence electrons. The molecule has 0 aromatic heterocycles. The summed E-state index contributed by atoms with van der Waals surface area (Å²) < 4.78 is 7.71. The maximum Gasteiger partial charge on any atom is 0.269 e. The van der Waals surface area contributed by atoms with E-state index in [4.69, 9.17) is 27.9 Å². The minimum atomic E-state index is -0.434. The normalized spacial score (nSPS) is 11.1. The number of nitro benzene ring substituents is 1. The lowest BCUT2D eigenvalue weighted by molar-refractivity contribution is -0.384. The van der Waals surface area contributed by atoms with E-state index >= 15 is 0 Å². The number of ether oxygens (including phenoxy) is 1. The SMILES string of the molecule is N#C/C(=C/c1cc(I)c(OCc2ccc([N+](=O)[O-])cc2)c(I)c1)c1ccc(Cl)c(Cl)c1. The Hall–Kier alpha value is -1.87. The number of rotatable bonds is 6. The third kappa shape index (κ3) is 6.10. The van der Waals surface area contributed by atoms with Gasteiger partial charge in [0.1, 0.15) is 12.4 Å². The van der Waals surface area contributed by atoms with Crippen LogP contribution >= 0.6 is 68.4 Å². The van der Waals surface area contributed by atoms with E-state index in [0.29, 0.717) is 26.9 Å². The van der Waals surface area contributed by atoms with Gasteiger partial charge in [-0.15, -0.1) is 0 Å². The van der Waals surface area contributed by atoms with Crippen LogP contribution in [0.15, 0.2) is 54.6 Å². The molecular formula is C22H12Cl2I2N2O3. The number of allylic oxidation sites excluding steroid dienone is 1. The standard InChI is InChI=1S/C22H12Cl2I2N2O3/c23-18-6-3-15(10-19(18)24)16(11-27)7-14-8-20(25)22(21(26)9-14)31-12-13-1-4-17(5-2-13)28(29)30/h1-10H,12H2/b16-7-. The number of hydrogen-bond acceptors (Lipinski definition) is 4. The summed E-state index contributed by atoms with van der Waals surface area (Å²) in [5.41, 5.74) is 2.86. The van der Waals surface area contributed by atoms with E-state index in [1.807, 2.05) is 12.1 Å². The summed E-state index contributed by atoms with van der Waals surface area (Å²) in [5.74, 6) is 0.713. The second-order valence-corrected chi connectivity index (χ2v) is 9.46. The first kappa shape index (κ1) is 23.8. The lowest BCUT2D eigenvalue weighted by atomic mass is 10.0. The molecule has 3 rings (SSSR count). The average molecular weight is 677 g/mol. The molecule has 0 saturated heterocycles. The van der Waals surface area contributed by atoms with E-state index in [0.717, 1.165) is 18.3 Å². The lowest BCUT2D eigenvalue weighted by Gasteiger charge is -2.12. The number of non-ortho nitro benzene ring substituents is 1. The van der Waals surface area contributed by atoms with Crippen molar-refractivity contribution in [2.75, 3.05) is 0 Å². The molecule has 31 heavy (non-hydrogen) atoms. The van der Waals surface area contributed by atoms with Crippen molar-refractivity contribution in [3.8, 4) is 11.8 Å². The molecule has 0 aliphatic rings. The van der Waals surface area contributed by atoms with Crippen LogP contribution in [0.25, 0.3) is 11.6 Å². The van der Waals surface area contributed by atoms with Crippen molar-refractivity contribution in [3.63, 3.8) is 0 Å². The molecule has 0 heterocycles. The Kier molecular flexibility index (Phi) is 8.16. The fourth-order valence-corrected chi connectivity index (χ4v) is 5.11. The Morgan fingerprint density at radius 1 is 1.06 bits per heavy atom. The van der Waals surface area contributed by atoms with E-state index in [-0.39, 0.29) is 12.3 Å². The van der Waals surface area contributed by atoms with Gasteiger partial charge in [-0.2, -0.15) is 5.26 Å². The highest BCUT2D eigenvalue weighted by Crippen LogP contribution is 2.32. The summed E-state index contributed by atoms with van der Waals surface area (Å²) >= 11 is 16.4. The second-order valence-electron chi connectivity index (χ2n) is 6.32. The lowest BCUT2D eigenvalue weighted by Crippen LogP contribution is -2.00. The van der Waals surface area contributed by atoms with E-state index in [1.54, 1.807) is 36.4 Å². The minimum Gasteiger partial charge on any atom is -0.487 e. The quantitative estimate of drug-likeness (QED) is 0.0880. The van der Waals surface area contributed by atoms with Crippen LogP contribution in [0.1, 0.15) is 16.7 Å². The van der Waals surface area contributed by atoms with Crippen LogP contribution in [-0.2, 0) is 6.61 Å². The topological polar surface area (TPSA) is 76.2 Å². The second kappa shape index (κ2) is 10.6. The first-order chi connectivity index (χ1) is 14.8. The molecule has 5 nitrogen and oxygen atoms in total. The molecule has 0 N–H and O–H groups in total. The maximum atomic E-state index is 10.8. The third-order valence-electron chi connectivity index (χ3n) is 4.21. The van der Waals surface area contributed by atoms with Gasteiger partial charge in [-0.25, -0.2) is 0 Å². The van der Waals surface area contributed by atoms with Crippen molar-refractivity contribution in [2.24, 2.45) is 0 Å². The molecule has 0 atom stereocenters. The van der Waals surface area contributed by atoms with Gasteiger partial charge < -0.3 is 4.74 Å². The van der Waals surface area contributed by atoms with Gasteiger partial charge in [0.05, 0.1) is 33.8 Å². The summed E-state index contributed by atoms with van der Waals surface area (Å²) in [6.07, 6.45) is 1.78. The van der Waals surface area contributed by atoms with Crippen LogP contribution in [0.3, 0.4) is 0 Å². The van der Waals surface area contributed by atoms with Crippen molar-refractivity contribution in [1.82, 2.24) is 0 Å².